The number of carbonyl (C=O) groups is 2. The molecule has 0 saturated carbocycles. The first kappa shape index (κ1) is 24.8. The van der Waals surface area contributed by atoms with Crippen molar-refractivity contribution >= 4 is 39.1 Å². The van der Waals surface area contributed by atoms with Crippen LogP contribution in [0.15, 0.2) is 53.4 Å². The standard InChI is InChI=1S/C22H28ClN3O4S/c1-15(2)16(3)24-22(28)14-26(13-18-7-5-6-8-21(18)23)31(29,30)20-11-9-19(10-12-20)25-17(4)27/h5-12,15-16H,13-14H2,1-4H3,(H,24,28)(H,25,27). The van der Waals surface area contributed by atoms with Gasteiger partial charge in [0.1, 0.15) is 0 Å². The van der Waals surface area contributed by atoms with Crippen molar-refractivity contribution in [2.75, 3.05) is 11.9 Å². The van der Waals surface area contributed by atoms with Crippen molar-refractivity contribution in [1.29, 1.82) is 0 Å². The van der Waals surface area contributed by atoms with E-state index in [0.717, 1.165) is 4.31 Å². The summed E-state index contributed by atoms with van der Waals surface area (Å²) >= 11 is 6.23. The Bertz CT molecular complexity index is 1020. The summed E-state index contributed by atoms with van der Waals surface area (Å²) in [4.78, 5) is 23.8. The van der Waals surface area contributed by atoms with Crippen LogP contribution in [0.3, 0.4) is 0 Å². The molecule has 0 aromatic heterocycles. The number of nitrogens with one attached hydrogen (secondary N) is 2. The lowest BCUT2D eigenvalue weighted by Crippen LogP contribution is -2.44. The van der Waals surface area contributed by atoms with Gasteiger partial charge >= 0.3 is 0 Å². The van der Waals surface area contributed by atoms with E-state index < -0.39 is 15.9 Å². The molecule has 9 heteroatoms. The average molecular weight is 466 g/mol. The number of hydrogen-bond acceptors (Lipinski definition) is 4. The number of halogens is 1. The van der Waals surface area contributed by atoms with Gasteiger partial charge in [-0.25, -0.2) is 8.42 Å². The second kappa shape index (κ2) is 10.7. The van der Waals surface area contributed by atoms with E-state index in [4.69, 9.17) is 11.6 Å². The number of sulfonamides is 1. The smallest absolute Gasteiger partial charge is 0.243 e. The van der Waals surface area contributed by atoms with Crippen molar-refractivity contribution in [3.63, 3.8) is 0 Å². The fourth-order valence-corrected chi connectivity index (χ4v) is 4.30. The third kappa shape index (κ3) is 7.05. The van der Waals surface area contributed by atoms with Gasteiger partial charge in [-0.15, -0.1) is 0 Å². The van der Waals surface area contributed by atoms with Crippen LogP contribution in [0.5, 0.6) is 0 Å². The number of rotatable bonds is 9. The maximum absolute atomic E-state index is 13.4. The first-order valence-electron chi connectivity index (χ1n) is 9.91. The molecule has 0 saturated heterocycles. The largest absolute Gasteiger partial charge is 0.352 e. The molecule has 31 heavy (non-hydrogen) atoms. The number of amides is 2. The third-order valence-electron chi connectivity index (χ3n) is 4.83. The van der Waals surface area contributed by atoms with Gasteiger partial charge in [-0.1, -0.05) is 43.6 Å². The number of benzene rings is 2. The van der Waals surface area contributed by atoms with Crippen LogP contribution in [-0.4, -0.2) is 37.1 Å². The summed E-state index contributed by atoms with van der Waals surface area (Å²) in [5, 5.41) is 5.85. The van der Waals surface area contributed by atoms with Crippen molar-refractivity contribution in [3.05, 3.63) is 59.1 Å². The quantitative estimate of drug-likeness (QED) is 0.590. The molecule has 0 heterocycles. The van der Waals surface area contributed by atoms with Gasteiger partial charge in [-0.2, -0.15) is 4.31 Å². The van der Waals surface area contributed by atoms with E-state index in [0.29, 0.717) is 16.3 Å². The number of carbonyl (C=O) groups excluding carboxylic acids is 2. The molecule has 2 aromatic carbocycles. The molecule has 2 rings (SSSR count). The van der Waals surface area contributed by atoms with Crippen LogP contribution in [0.1, 0.15) is 33.3 Å². The fourth-order valence-electron chi connectivity index (χ4n) is 2.73. The molecule has 1 atom stereocenters. The van der Waals surface area contributed by atoms with Crippen molar-refractivity contribution in [2.45, 2.75) is 45.2 Å². The first-order chi connectivity index (χ1) is 14.5. The van der Waals surface area contributed by atoms with Gasteiger partial charge in [0.25, 0.3) is 0 Å². The highest BCUT2D eigenvalue weighted by Crippen LogP contribution is 2.23. The number of hydrogen-bond donors (Lipinski definition) is 2. The summed E-state index contributed by atoms with van der Waals surface area (Å²) in [5.41, 5.74) is 1.07. The van der Waals surface area contributed by atoms with E-state index in [-0.39, 0.29) is 35.9 Å². The Morgan fingerprint density at radius 3 is 2.19 bits per heavy atom. The van der Waals surface area contributed by atoms with Gasteiger partial charge in [0.2, 0.25) is 21.8 Å². The minimum absolute atomic E-state index is 0.0124. The van der Waals surface area contributed by atoms with Gasteiger partial charge in [-0.05, 0) is 48.7 Å². The Hall–Kier alpha value is -2.42. The van der Waals surface area contributed by atoms with E-state index in [1.807, 2.05) is 20.8 Å². The molecule has 168 valence electrons. The Morgan fingerprint density at radius 1 is 1.03 bits per heavy atom. The molecule has 1 unspecified atom stereocenters. The lowest BCUT2D eigenvalue weighted by molar-refractivity contribution is -0.122. The van der Waals surface area contributed by atoms with Crippen LogP contribution in [-0.2, 0) is 26.2 Å². The highest BCUT2D eigenvalue weighted by Gasteiger charge is 2.28. The molecule has 2 N–H and O–H groups in total. The normalized spacial score (nSPS) is 12.6. The minimum atomic E-state index is -4.01. The zero-order valence-corrected chi connectivity index (χ0v) is 19.6. The number of anilines is 1. The third-order valence-corrected chi connectivity index (χ3v) is 7.00. The predicted octanol–water partition coefficient (Wildman–Crippen LogP) is 3.65. The maximum atomic E-state index is 13.4. The molecule has 7 nitrogen and oxygen atoms in total. The zero-order chi connectivity index (χ0) is 23.2. The monoisotopic (exact) mass is 465 g/mol. The molecule has 0 aliphatic heterocycles. The van der Waals surface area contributed by atoms with E-state index >= 15 is 0 Å². The highest BCUT2D eigenvalue weighted by molar-refractivity contribution is 7.89. The molecular weight excluding hydrogens is 438 g/mol. The average Bonchev–Trinajstić information content (AvgIpc) is 2.68. The topological polar surface area (TPSA) is 95.6 Å². The highest BCUT2D eigenvalue weighted by atomic mass is 35.5. The molecule has 0 fully saturated rings. The summed E-state index contributed by atoms with van der Waals surface area (Å²) in [7, 11) is -4.01. The fraction of sp³-hybridized carbons (Fsp3) is 0.364. The van der Waals surface area contributed by atoms with Crippen molar-refractivity contribution in [3.8, 4) is 0 Å². The van der Waals surface area contributed by atoms with Crippen LogP contribution in [0, 0.1) is 5.92 Å². The lowest BCUT2D eigenvalue weighted by atomic mass is 10.1. The number of nitrogens with zero attached hydrogens (tertiary/aromatic N) is 1. The van der Waals surface area contributed by atoms with Gasteiger partial charge in [0, 0.05) is 30.2 Å². The van der Waals surface area contributed by atoms with Gasteiger partial charge in [-0.3, -0.25) is 9.59 Å². The maximum Gasteiger partial charge on any atom is 0.243 e. The Kier molecular flexibility index (Phi) is 8.61. The first-order valence-corrected chi connectivity index (χ1v) is 11.7. The van der Waals surface area contributed by atoms with Crippen LogP contribution in [0.25, 0.3) is 0 Å². The molecule has 0 aliphatic rings. The van der Waals surface area contributed by atoms with Crippen LogP contribution < -0.4 is 10.6 Å². The second-order valence-corrected chi connectivity index (χ2v) is 10.0. The molecule has 2 amide bonds. The van der Waals surface area contributed by atoms with E-state index in [9.17, 15) is 18.0 Å². The molecule has 0 aliphatic carbocycles. The molecule has 0 radical (unpaired) electrons. The van der Waals surface area contributed by atoms with Crippen LogP contribution in [0.4, 0.5) is 5.69 Å². The van der Waals surface area contributed by atoms with Crippen molar-refractivity contribution in [2.24, 2.45) is 5.92 Å². The van der Waals surface area contributed by atoms with Crippen molar-refractivity contribution in [1.82, 2.24) is 9.62 Å². The zero-order valence-electron chi connectivity index (χ0n) is 18.1. The summed E-state index contributed by atoms with van der Waals surface area (Å²) in [6.45, 7) is 6.78. The van der Waals surface area contributed by atoms with Gasteiger partial charge in [0.15, 0.2) is 0 Å². The molecule has 2 aromatic rings. The minimum Gasteiger partial charge on any atom is -0.352 e. The van der Waals surface area contributed by atoms with E-state index in [1.54, 1.807) is 24.3 Å². The van der Waals surface area contributed by atoms with E-state index in [1.165, 1.54) is 31.2 Å². The Balaban J connectivity index is 2.34. The van der Waals surface area contributed by atoms with Crippen LogP contribution >= 0.6 is 11.6 Å². The summed E-state index contributed by atoms with van der Waals surface area (Å²) < 4.78 is 27.8. The summed E-state index contributed by atoms with van der Waals surface area (Å²) in [6.07, 6.45) is 0. The molecule has 0 spiro atoms. The Labute approximate surface area is 188 Å². The van der Waals surface area contributed by atoms with Gasteiger partial charge < -0.3 is 10.6 Å². The summed E-state index contributed by atoms with van der Waals surface area (Å²) in [5.74, 6) is -0.447. The second-order valence-electron chi connectivity index (χ2n) is 7.67. The van der Waals surface area contributed by atoms with Gasteiger partial charge in [0.05, 0.1) is 11.4 Å². The van der Waals surface area contributed by atoms with E-state index in [2.05, 4.69) is 10.6 Å². The van der Waals surface area contributed by atoms with Crippen molar-refractivity contribution < 1.29 is 18.0 Å². The summed E-state index contributed by atoms with van der Waals surface area (Å²) in [6, 6.07) is 12.6. The molecular formula is C22H28ClN3O4S. The Morgan fingerprint density at radius 2 is 1.65 bits per heavy atom. The van der Waals surface area contributed by atoms with Crippen LogP contribution in [0.2, 0.25) is 5.02 Å². The SMILES string of the molecule is CC(=O)Nc1ccc(S(=O)(=O)N(CC(=O)NC(C)C(C)C)Cc2ccccc2Cl)cc1. The molecule has 0 bridgehead atoms. The lowest BCUT2D eigenvalue weighted by Gasteiger charge is -2.24. The predicted molar refractivity (Wildman–Crippen MR) is 122 cm³/mol.